The van der Waals surface area contributed by atoms with Crippen LogP contribution in [0.1, 0.15) is 17.8 Å². The summed E-state index contributed by atoms with van der Waals surface area (Å²) in [6, 6.07) is 4.77. The van der Waals surface area contributed by atoms with Crippen molar-refractivity contribution in [1.82, 2.24) is 10.3 Å². The molecule has 2 nitrogen and oxygen atoms in total. The topological polar surface area (TPSA) is 24.9 Å². The maximum absolute atomic E-state index is 13.6. The Labute approximate surface area is 108 Å². The molecule has 1 fully saturated rings. The second-order valence-corrected chi connectivity index (χ2v) is 5.33. The number of nitrogens with one attached hydrogen (secondary N) is 1. The standard InChI is InChI=1S/C13H12F2N2S/c14-10-3-1-2-9(13(10)15)11-7-18-12(17-11)6-16-8-4-5-8/h1-3,7-8,16H,4-6H2. The number of rotatable bonds is 4. The van der Waals surface area contributed by atoms with Crippen LogP contribution >= 0.6 is 11.3 Å². The predicted octanol–water partition coefficient (Wildman–Crippen LogP) is 3.34. The molecule has 1 N–H and O–H groups in total. The Morgan fingerprint density at radius 2 is 2.17 bits per heavy atom. The average molecular weight is 266 g/mol. The Morgan fingerprint density at radius 1 is 1.33 bits per heavy atom. The van der Waals surface area contributed by atoms with E-state index in [1.165, 1.54) is 30.2 Å². The van der Waals surface area contributed by atoms with Crippen LogP contribution < -0.4 is 5.32 Å². The van der Waals surface area contributed by atoms with Gasteiger partial charge in [-0.2, -0.15) is 0 Å². The molecular formula is C13H12F2N2S. The van der Waals surface area contributed by atoms with Crippen LogP contribution in [0.4, 0.5) is 8.78 Å². The molecule has 94 valence electrons. The van der Waals surface area contributed by atoms with Crippen LogP contribution in [0.15, 0.2) is 23.6 Å². The van der Waals surface area contributed by atoms with Gasteiger partial charge in [0.2, 0.25) is 0 Å². The molecule has 3 rings (SSSR count). The summed E-state index contributed by atoms with van der Waals surface area (Å²) >= 11 is 1.47. The molecule has 1 aromatic carbocycles. The third kappa shape index (κ3) is 2.42. The van der Waals surface area contributed by atoms with Gasteiger partial charge in [-0.15, -0.1) is 11.3 Å². The first-order chi connectivity index (χ1) is 8.74. The Balaban J connectivity index is 1.80. The molecule has 0 atom stereocenters. The van der Waals surface area contributed by atoms with E-state index >= 15 is 0 Å². The number of halogens is 2. The van der Waals surface area contributed by atoms with Gasteiger partial charge in [-0.3, -0.25) is 0 Å². The van der Waals surface area contributed by atoms with E-state index in [-0.39, 0.29) is 5.56 Å². The average Bonchev–Trinajstić information content (AvgIpc) is 3.08. The Bertz CT molecular complexity index is 564. The molecule has 1 saturated carbocycles. The van der Waals surface area contributed by atoms with Crippen molar-refractivity contribution in [3.8, 4) is 11.3 Å². The number of hydrogen-bond acceptors (Lipinski definition) is 3. The Morgan fingerprint density at radius 3 is 2.94 bits per heavy atom. The first-order valence-electron chi connectivity index (χ1n) is 5.86. The third-order valence-corrected chi connectivity index (χ3v) is 3.75. The molecule has 0 saturated heterocycles. The van der Waals surface area contributed by atoms with Gasteiger partial charge >= 0.3 is 0 Å². The van der Waals surface area contributed by atoms with E-state index in [9.17, 15) is 8.78 Å². The second-order valence-electron chi connectivity index (χ2n) is 4.38. The molecule has 0 aliphatic heterocycles. The monoisotopic (exact) mass is 266 g/mol. The van der Waals surface area contributed by atoms with Crippen LogP contribution in [0.2, 0.25) is 0 Å². The minimum atomic E-state index is -0.835. The van der Waals surface area contributed by atoms with Crippen LogP contribution in [-0.4, -0.2) is 11.0 Å². The Kier molecular flexibility index (Phi) is 3.09. The van der Waals surface area contributed by atoms with Crippen LogP contribution in [0, 0.1) is 11.6 Å². The van der Waals surface area contributed by atoms with Gasteiger partial charge in [0, 0.05) is 23.5 Å². The lowest BCUT2D eigenvalue weighted by molar-refractivity contribution is 0.511. The summed E-state index contributed by atoms with van der Waals surface area (Å²) in [4.78, 5) is 4.33. The molecule has 0 bridgehead atoms. The normalized spacial score (nSPS) is 15.0. The predicted molar refractivity (Wildman–Crippen MR) is 67.3 cm³/mol. The lowest BCUT2D eigenvalue weighted by atomic mass is 10.1. The maximum Gasteiger partial charge on any atom is 0.168 e. The van der Waals surface area contributed by atoms with Crippen LogP contribution in [0.3, 0.4) is 0 Å². The second kappa shape index (κ2) is 4.74. The van der Waals surface area contributed by atoms with E-state index in [1.54, 1.807) is 11.4 Å². The van der Waals surface area contributed by atoms with E-state index < -0.39 is 11.6 Å². The molecule has 0 spiro atoms. The number of hydrogen-bond donors (Lipinski definition) is 1. The summed E-state index contributed by atoms with van der Waals surface area (Å²) in [5.74, 6) is -1.66. The van der Waals surface area contributed by atoms with Gasteiger partial charge in [-0.05, 0) is 25.0 Å². The van der Waals surface area contributed by atoms with Crippen molar-refractivity contribution in [2.24, 2.45) is 0 Å². The highest BCUT2D eigenvalue weighted by atomic mass is 32.1. The van der Waals surface area contributed by atoms with E-state index in [4.69, 9.17) is 0 Å². The highest BCUT2D eigenvalue weighted by Crippen LogP contribution is 2.26. The first-order valence-corrected chi connectivity index (χ1v) is 6.74. The van der Waals surface area contributed by atoms with E-state index in [0.29, 0.717) is 18.3 Å². The fourth-order valence-corrected chi connectivity index (χ4v) is 2.48. The van der Waals surface area contributed by atoms with Crippen LogP contribution in [0.5, 0.6) is 0 Å². The molecule has 0 amide bonds. The van der Waals surface area contributed by atoms with Crippen molar-refractivity contribution < 1.29 is 8.78 Å². The molecule has 5 heteroatoms. The van der Waals surface area contributed by atoms with Crippen molar-refractivity contribution >= 4 is 11.3 Å². The minimum Gasteiger partial charge on any atom is -0.308 e. The summed E-state index contributed by atoms with van der Waals surface area (Å²) in [6.07, 6.45) is 2.44. The summed E-state index contributed by atoms with van der Waals surface area (Å²) in [5.41, 5.74) is 0.730. The van der Waals surface area contributed by atoms with E-state index in [0.717, 1.165) is 11.1 Å². The molecule has 1 heterocycles. The minimum absolute atomic E-state index is 0.226. The first kappa shape index (κ1) is 11.7. The van der Waals surface area contributed by atoms with Crippen molar-refractivity contribution in [1.29, 1.82) is 0 Å². The molecule has 18 heavy (non-hydrogen) atoms. The molecule has 0 unspecified atom stereocenters. The van der Waals surface area contributed by atoms with Crippen LogP contribution in [-0.2, 0) is 6.54 Å². The zero-order chi connectivity index (χ0) is 12.5. The maximum atomic E-state index is 13.6. The number of nitrogens with zero attached hydrogens (tertiary/aromatic N) is 1. The fraction of sp³-hybridized carbons (Fsp3) is 0.308. The van der Waals surface area contributed by atoms with E-state index in [2.05, 4.69) is 10.3 Å². The number of thiazole rings is 1. The zero-order valence-corrected chi connectivity index (χ0v) is 10.4. The molecule has 2 aromatic rings. The zero-order valence-electron chi connectivity index (χ0n) is 9.62. The number of benzene rings is 1. The summed E-state index contributed by atoms with van der Waals surface area (Å²) in [6.45, 7) is 0.701. The molecule has 0 radical (unpaired) electrons. The molecule has 1 aliphatic carbocycles. The van der Waals surface area contributed by atoms with E-state index in [1.807, 2.05) is 0 Å². The highest BCUT2D eigenvalue weighted by Gasteiger charge is 2.20. The van der Waals surface area contributed by atoms with Crippen molar-refractivity contribution in [3.05, 3.63) is 40.2 Å². The molecular weight excluding hydrogens is 254 g/mol. The van der Waals surface area contributed by atoms with Crippen molar-refractivity contribution in [3.63, 3.8) is 0 Å². The Hall–Kier alpha value is -1.33. The number of aromatic nitrogens is 1. The van der Waals surface area contributed by atoms with Gasteiger partial charge in [0.15, 0.2) is 11.6 Å². The lowest BCUT2D eigenvalue weighted by Gasteiger charge is -2.00. The quantitative estimate of drug-likeness (QED) is 0.918. The third-order valence-electron chi connectivity index (χ3n) is 2.90. The van der Waals surface area contributed by atoms with Gasteiger partial charge in [0.1, 0.15) is 5.01 Å². The summed E-state index contributed by atoms with van der Waals surface area (Å²) < 4.78 is 26.7. The summed E-state index contributed by atoms with van der Waals surface area (Å²) in [7, 11) is 0. The van der Waals surface area contributed by atoms with Gasteiger partial charge in [0.25, 0.3) is 0 Å². The van der Waals surface area contributed by atoms with Gasteiger partial charge in [0.05, 0.1) is 5.69 Å². The van der Waals surface area contributed by atoms with Crippen molar-refractivity contribution in [2.45, 2.75) is 25.4 Å². The van der Waals surface area contributed by atoms with Crippen LogP contribution in [0.25, 0.3) is 11.3 Å². The SMILES string of the molecule is Fc1cccc(-c2csc(CNC3CC3)n2)c1F. The lowest BCUT2D eigenvalue weighted by Crippen LogP contribution is -2.14. The van der Waals surface area contributed by atoms with Gasteiger partial charge in [-0.1, -0.05) is 6.07 Å². The highest BCUT2D eigenvalue weighted by molar-refractivity contribution is 7.09. The summed E-state index contributed by atoms with van der Waals surface area (Å²) in [5, 5.41) is 6.01. The molecule has 1 aromatic heterocycles. The largest absolute Gasteiger partial charge is 0.308 e. The smallest absolute Gasteiger partial charge is 0.168 e. The fourth-order valence-electron chi connectivity index (χ4n) is 1.74. The van der Waals surface area contributed by atoms with Crippen molar-refractivity contribution in [2.75, 3.05) is 0 Å². The van der Waals surface area contributed by atoms with Gasteiger partial charge < -0.3 is 5.32 Å². The van der Waals surface area contributed by atoms with Gasteiger partial charge in [-0.25, -0.2) is 13.8 Å². The molecule has 1 aliphatic rings.